The monoisotopic (exact) mass is 234 g/mol. The van der Waals surface area contributed by atoms with Gasteiger partial charge in [0, 0.05) is 6.92 Å². The van der Waals surface area contributed by atoms with Crippen LogP contribution in [0.5, 0.6) is 5.75 Å². The number of nitrogens with zero attached hydrogens (tertiary/aromatic N) is 1. The summed E-state index contributed by atoms with van der Waals surface area (Å²) in [6, 6.07) is 3.70. The second-order valence-corrected chi connectivity index (χ2v) is 3.17. The molecule has 0 saturated heterocycles. The molecule has 0 fully saturated rings. The maximum absolute atomic E-state index is 10.7. The Bertz CT molecular complexity index is 514. The van der Waals surface area contributed by atoms with Crippen molar-refractivity contribution >= 4 is 11.6 Å². The zero-order valence-electron chi connectivity index (χ0n) is 9.06. The van der Waals surface area contributed by atoms with Crippen LogP contribution >= 0.6 is 0 Å². The average Bonchev–Trinajstić information content (AvgIpc) is 2.25. The van der Waals surface area contributed by atoms with Gasteiger partial charge in [0.25, 0.3) is 5.69 Å². The Morgan fingerprint density at radius 3 is 2.88 bits per heavy atom. The van der Waals surface area contributed by atoms with E-state index in [1.165, 1.54) is 19.1 Å². The van der Waals surface area contributed by atoms with Crippen molar-refractivity contribution in [3.63, 3.8) is 0 Å². The first-order valence-corrected chi connectivity index (χ1v) is 4.71. The number of phenolic OH excluding ortho intramolecular Hbond substituents is 1. The fourth-order valence-corrected chi connectivity index (χ4v) is 1.08. The zero-order valence-corrected chi connectivity index (χ0v) is 9.06. The first kappa shape index (κ1) is 12.5. The van der Waals surface area contributed by atoms with E-state index in [2.05, 4.69) is 17.2 Å². The highest BCUT2D eigenvalue weighted by molar-refractivity contribution is 5.73. The van der Waals surface area contributed by atoms with E-state index < -0.39 is 4.92 Å². The summed E-state index contributed by atoms with van der Waals surface area (Å²) in [5.74, 6) is 4.73. The second-order valence-electron chi connectivity index (χ2n) is 3.17. The summed E-state index contributed by atoms with van der Waals surface area (Å²) < 4.78 is 0. The number of carbonyl (C=O) groups excluding carboxylic acids is 1. The van der Waals surface area contributed by atoms with E-state index in [0.29, 0.717) is 0 Å². The number of phenols is 1. The standard InChI is InChI=1S/C11H10N2O4/c1-8(14)12-6-2-3-9-4-5-10(15)7-11(9)13(16)17/h4-5,7,15H,6H2,1H3,(H,12,14). The van der Waals surface area contributed by atoms with Gasteiger partial charge in [-0.05, 0) is 12.1 Å². The van der Waals surface area contributed by atoms with Crippen LogP contribution in [-0.4, -0.2) is 22.5 Å². The van der Waals surface area contributed by atoms with E-state index in [0.717, 1.165) is 6.07 Å². The lowest BCUT2D eigenvalue weighted by atomic mass is 10.2. The summed E-state index contributed by atoms with van der Waals surface area (Å²) in [7, 11) is 0. The van der Waals surface area contributed by atoms with Gasteiger partial charge in [0.1, 0.15) is 11.3 Å². The van der Waals surface area contributed by atoms with Crippen molar-refractivity contribution in [3.05, 3.63) is 33.9 Å². The summed E-state index contributed by atoms with van der Waals surface area (Å²) in [6.45, 7) is 1.47. The predicted molar refractivity (Wildman–Crippen MR) is 60.3 cm³/mol. The number of amides is 1. The molecule has 0 aromatic heterocycles. The van der Waals surface area contributed by atoms with Gasteiger partial charge in [-0.2, -0.15) is 0 Å². The third kappa shape index (κ3) is 3.83. The molecule has 1 rings (SSSR count). The molecule has 2 N–H and O–H groups in total. The lowest BCUT2D eigenvalue weighted by molar-refractivity contribution is -0.385. The van der Waals surface area contributed by atoms with Crippen LogP contribution in [0.25, 0.3) is 0 Å². The molecule has 0 atom stereocenters. The molecule has 0 aliphatic rings. The number of aromatic hydroxyl groups is 1. The number of benzene rings is 1. The lowest BCUT2D eigenvalue weighted by Gasteiger charge is -1.96. The molecule has 0 bridgehead atoms. The molecule has 6 heteroatoms. The first-order valence-electron chi connectivity index (χ1n) is 4.71. The summed E-state index contributed by atoms with van der Waals surface area (Å²) in [5.41, 5.74) is -0.0709. The number of hydrogen-bond donors (Lipinski definition) is 2. The molecule has 17 heavy (non-hydrogen) atoms. The van der Waals surface area contributed by atoms with Crippen LogP contribution < -0.4 is 5.32 Å². The summed E-state index contributed by atoms with van der Waals surface area (Å²) in [4.78, 5) is 20.6. The number of nitro benzene ring substituents is 1. The van der Waals surface area contributed by atoms with E-state index in [1.807, 2.05) is 0 Å². The first-order chi connectivity index (χ1) is 8.00. The minimum absolute atomic E-state index is 0.118. The lowest BCUT2D eigenvalue weighted by Crippen LogP contribution is -2.19. The zero-order chi connectivity index (χ0) is 12.8. The molecule has 0 saturated carbocycles. The molecule has 6 nitrogen and oxygen atoms in total. The third-order valence-corrected chi connectivity index (χ3v) is 1.83. The summed E-state index contributed by atoms with van der Waals surface area (Å²) in [6.07, 6.45) is 0. The van der Waals surface area contributed by atoms with Crippen molar-refractivity contribution < 1.29 is 14.8 Å². The van der Waals surface area contributed by atoms with Gasteiger partial charge in [0.2, 0.25) is 5.91 Å². The van der Waals surface area contributed by atoms with E-state index in [1.54, 1.807) is 0 Å². The van der Waals surface area contributed by atoms with Gasteiger partial charge in [-0.25, -0.2) is 0 Å². The van der Waals surface area contributed by atoms with E-state index in [4.69, 9.17) is 5.11 Å². The molecule has 0 aliphatic carbocycles. The molecule has 0 radical (unpaired) electrons. The second kappa shape index (κ2) is 5.51. The fraction of sp³-hybridized carbons (Fsp3) is 0.182. The minimum Gasteiger partial charge on any atom is -0.508 e. The Kier molecular flexibility index (Phi) is 4.06. The smallest absolute Gasteiger partial charge is 0.288 e. The van der Waals surface area contributed by atoms with Crippen LogP contribution in [0.2, 0.25) is 0 Å². The Balaban J connectivity index is 2.90. The highest BCUT2D eigenvalue weighted by Gasteiger charge is 2.12. The Labute approximate surface area is 97.4 Å². The van der Waals surface area contributed by atoms with Crippen molar-refractivity contribution in [2.45, 2.75) is 6.92 Å². The van der Waals surface area contributed by atoms with Crippen molar-refractivity contribution in [2.24, 2.45) is 0 Å². The van der Waals surface area contributed by atoms with Crippen LogP contribution in [0.4, 0.5) is 5.69 Å². The molecule has 0 aliphatic heterocycles. The van der Waals surface area contributed by atoms with Crippen LogP contribution in [0.1, 0.15) is 12.5 Å². The molecule has 1 aromatic rings. The number of nitro groups is 1. The molecule has 0 heterocycles. The van der Waals surface area contributed by atoms with Gasteiger partial charge in [-0.3, -0.25) is 14.9 Å². The molecule has 1 amide bonds. The molecular weight excluding hydrogens is 224 g/mol. The third-order valence-electron chi connectivity index (χ3n) is 1.83. The SMILES string of the molecule is CC(=O)NCC#Cc1ccc(O)cc1[N+](=O)[O-]. The van der Waals surface area contributed by atoms with E-state index in [-0.39, 0.29) is 29.5 Å². The van der Waals surface area contributed by atoms with Crippen molar-refractivity contribution in [3.8, 4) is 17.6 Å². The van der Waals surface area contributed by atoms with Gasteiger partial charge in [0.15, 0.2) is 0 Å². The normalized spacial score (nSPS) is 9.00. The highest BCUT2D eigenvalue weighted by Crippen LogP contribution is 2.22. The molecular formula is C11H10N2O4. The maximum atomic E-state index is 10.7. The summed E-state index contributed by atoms with van der Waals surface area (Å²) in [5, 5.41) is 22.2. The minimum atomic E-state index is -0.623. The topological polar surface area (TPSA) is 92.5 Å². The summed E-state index contributed by atoms with van der Waals surface area (Å²) >= 11 is 0. The number of rotatable bonds is 2. The fourth-order valence-electron chi connectivity index (χ4n) is 1.08. The Morgan fingerprint density at radius 1 is 1.59 bits per heavy atom. The van der Waals surface area contributed by atoms with Crippen molar-refractivity contribution in [1.82, 2.24) is 5.32 Å². The molecule has 0 unspecified atom stereocenters. The van der Waals surface area contributed by atoms with Crippen molar-refractivity contribution in [1.29, 1.82) is 0 Å². The van der Waals surface area contributed by atoms with E-state index >= 15 is 0 Å². The van der Waals surface area contributed by atoms with Crippen LogP contribution in [0.15, 0.2) is 18.2 Å². The average molecular weight is 234 g/mol. The number of hydrogen-bond acceptors (Lipinski definition) is 4. The van der Waals surface area contributed by atoms with Crippen molar-refractivity contribution in [2.75, 3.05) is 6.54 Å². The number of carbonyl (C=O) groups is 1. The molecule has 88 valence electrons. The quantitative estimate of drug-likeness (QED) is 0.449. The highest BCUT2D eigenvalue weighted by atomic mass is 16.6. The van der Waals surface area contributed by atoms with Gasteiger partial charge >= 0.3 is 0 Å². The van der Waals surface area contributed by atoms with Gasteiger partial charge < -0.3 is 10.4 Å². The predicted octanol–water partition coefficient (Wildman–Crippen LogP) is 0.788. The molecule has 1 aromatic carbocycles. The largest absolute Gasteiger partial charge is 0.508 e. The van der Waals surface area contributed by atoms with Crippen LogP contribution in [0.3, 0.4) is 0 Å². The van der Waals surface area contributed by atoms with E-state index in [9.17, 15) is 14.9 Å². The Morgan fingerprint density at radius 2 is 2.29 bits per heavy atom. The Hall–Kier alpha value is -2.55. The number of nitrogens with one attached hydrogen (secondary N) is 1. The van der Waals surface area contributed by atoms with Gasteiger partial charge in [-0.1, -0.05) is 11.8 Å². The molecule has 0 spiro atoms. The van der Waals surface area contributed by atoms with Crippen LogP contribution in [0, 0.1) is 22.0 Å². The maximum Gasteiger partial charge on any atom is 0.288 e. The van der Waals surface area contributed by atoms with Gasteiger partial charge in [0.05, 0.1) is 17.5 Å². The van der Waals surface area contributed by atoms with Crippen LogP contribution in [-0.2, 0) is 4.79 Å². The van der Waals surface area contributed by atoms with Gasteiger partial charge in [-0.15, -0.1) is 0 Å².